The summed E-state index contributed by atoms with van der Waals surface area (Å²) in [5, 5.41) is 4.70. The van der Waals surface area contributed by atoms with Crippen molar-refractivity contribution >= 4 is 44.1 Å². The summed E-state index contributed by atoms with van der Waals surface area (Å²) in [7, 11) is 1.99. The van der Waals surface area contributed by atoms with E-state index in [0.717, 1.165) is 56.6 Å². The van der Waals surface area contributed by atoms with Crippen LogP contribution >= 0.6 is 11.6 Å². The van der Waals surface area contributed by atoms with Crippen LogP contribution in [0, 0.1) is 0 Å². The lowest BCUT2D eigenvalue weighted by molar-refractivity contribution is 0.0906. The highest BCUT2D eigenvalue weighted by Crippen LogP contribution is 2.33. The van der Waals surface area contributed by atoms with Gasteiger partial charge < -0.3 is 25.7 Å². The number of aromatic nitrogens is 1. The van der Waals surface area contributed by atoms with E-state index < -0.39 is 10.0 Å². The molecule has 0 saturated carbocycles. The lowest BCUT2D eigenvalue weighted by Gasteiger charge is -2.32. The zero-order valence-corrected chi connectivity index (χ0v) is 30.2. The Morgan fingerprint density at radius 2 is 1.71 bits per heavy atom. The van der Waals surface area contributed by atoms with Crippen molar-refractivity contribution in [2.24, 2.45) is 0 Å². The van der Waals surface area contributed by atoms with Gasteiger partial charge in [0.15, 0.2) is 0 Å². The number of nitrogens with one attached hydrogen (secondary N) is 3. The number of rotatable bonds is 10. The number of anilines is 1. The summed E-state index contributed by atoms with van der Waals surface area (Å²) in [6, 6.07) is 20.0. The molecule has 3 heterocycles. The zero-order valence-electron chi connectivity index (χ0n) is 28.7. The molecule has 2 aliphatic rings. The second kappa shape index (κ2) is 16.9. The Morgan fingerprint density at radius 1 is 1.00 bits per heavy atom. The molecule has 5 N–H and O–H groups in total. The van der Waals surface area contributed by atoms with Crippen LogP contribution in [0.2, 0.25) is 5.02 Å². The lowest BCUT2D eigenvalue weighted by atomic mass is 9.89. The summed E-state index contributed by atoms with van der Waals surface area (Å²) in [6.45, 7) is 5.14. The van der Waals surface area contributed by atoms with Crippen molar-refractivity contribution in [2.75, 3.05) is 58.9 Å². The summed E-state index contributed by atoms with van der Waals surface area (Å²) in [4.78, 5) is 20.8. The largest absolute Gasteiger partial charge is 0.496 e. The van der Waals surface area contributed by atoms with E-state index in [1.807, 2.05) is 12.1 Å². The molecule has 2 fully saturated rings. The third-order valence-electron chi connectivity index (χ3n) is 9.64. The Labute approximate surface area is 295 Å². The monoisotopic (exact) mass is 708 g/mol. The Kier molecular flexibility index (Phi) is 12.6. The van der Waals surface area contributed by atoms with Crippen molar-refractivity contribution in [3.8, 4) is 5.75 Å². The number of ether oxygens (including phenoxy) is 1. The summed E-state index contributed by atoms with van der Waals surface area (Å²) in [5.74, 6) is 0.982. The van der Waals surface area contributed by atoms with Crippen LogP contribution in [0.1, 0.15) is 58.6 Å². The van der Waals surface area contributed by atoms with Crippen LogP contribution in [0.25, 0.3) is 10.9 Å². The van der Waals surface area contributed by atoms with Crippen LogP contribution in [0.5, 0.6) is 5.75 Å². The second-order valence-electron chi connectivity index (χ2n) is 13.1. The van der Waals surface area contributed by atoms with Gasteiger partial charge in [-0.25, -0.2) is 13.1 Å². The molecule has 1 amide bonds. The topological polar surface area (TPSA) is 133 Å². The molecule has 0 bridgehead atoms. The van der Waals surface area contributed by atoms with Gasteiger partial charge >= 0.3 is 0 Å². The van der Waals surface area contributed by atoms with Crippen molar-refractivity contribution in [2.45, 2.75) is 50.6 Å². The van der Waals surface area contributed by atoms with Crippen LogP contribution in [-0.4, -0.2) is 88.3 Å². The Morgan fingerprint density at radius 3 is 2.39 bits per heavy atom. The minimum absolute atomic E-state index is 0.128. The van der Waals surface area contributed by atoms with Gasteiger partial charge in [-0.2, -0.15) is 0 Å². The maximum Gasteiger partial charge on any atom is 0.255 e. The number of carbonyl (C=O) groups excluding carboxylic acids is 1. The molecule has 2 aliphatic heterocycles. The van der Waals surface area contributed by atoms with Gasteiger partial charge in [-0.1, -0.05) is 48.0 Å². The van der Waals surface area contributed by atoms with Gasteiger partial charge in [0.1, 0.15) is 5.75 Å². The molecular weight excluding hydrogens is 660 g/mol. The van der Waals surface area contributed by atoms with Gasteiger partial charge in [0.05, 0.1) is 29.1 Å². The van der Waals surface area contributed by atoms with Crippen LogP contribution in [0.3, 0.4) is 0 Å². The highest BCUT2D eigenvalue weighted by atomic mass is 35.5. The maximum absolute atomic E-state index is 12.6. The maximum atomic E-state index is 12.6. The van der Waals surface area contributed by atoms with Gasteiger partial charge in [-0.3, -0.25) is 9.69 Å². The van der Waals surface area contributed by atoms with Crippen LogP contribution < -0.4 is 20.5 Å². The fourth-order valence-electron chi connectivity index (χ4n) is 6.61. The van der Waals surface area contributed by atoms with E-state index in [0.29, 0.717) is 34.4 Å². The standard InChI is InChI=1S/C20H24ClN3O2.C17H25N3O2S/c1-26-19-12-18(22)17(21)11-16(19)20(25)23-15-7-9-24(10-8-15)13-14-5-3-2-4-6-14;1-18-23(21,22)10-7-13-3-4-17-15(11-13)16(12-19-17)14-5-8-20(2)9-6-14/h2-6,11-12,15H,7-10,13,22H2,1H3,(H,23,25);3-4,11-12,14,18-19H,5-10H2,1-2H3. The van der Waals surface area contributed by atoms with E-state index in [4.69, 9.17) is 22.1 Å². The molecule has 10 nitrogen and oxygen atoms in total. The molecule has 0 aliphatic carbocycles. The van der Waals surface area contributed by atoms with E-state index in [2.05, 4.69) is 74.5 Å². The number of amides is 1. The predicted octanol–water partition coefficient (Wildman–Crippen LogP) is 5.39. The second-order valence-corrected chi connectivity index (χ2v) is 15.5. The number of piperidine rings is 2. The number of nitrogen functional groups attached to an aromatic ring is 1. The van der Waals surface area contributed by atoms with Crippen molar-refractivity contribution in [3.05, 3.63) is 94.1 Å². The number of nitrogens with two attached hydrogens (primary N) is 1. The third-order valence-corrected chi connectivity index (χ3v) is 11.3. The van der Waals surface area contributed by atoms with Gasteiger partial charge in [-0.05, 0) is 100 Å². The molecule has 0 spiro atoms. The van der Waals surface area contributed by atoms with Crippen LogP contribution in [-0.2, 0) is 23.0 Å². The minimum atomic E-state index is -3.16. The van der Waals surface area contributed by atoms with Crippen LogP contribution in [0.4, 0.5) is 5.69 Å². The molecule has 12 heteroatoms. The number of hydrogen-bond donors (Lipinski definition) is 4. The first-order valence-corrected chi connectivity index (χ1v) is 19.0. The fraction of sp³-hybridized carbons (Fsp3) is 0.432. The number of sulfonamides is 1. The van der Waals surface area contributed by atoms with E-state index in [-0.39, 0.29) is 17.7 Å². The van der Waals surface area contributed by atoms with Gasteiger partial charge in [0.25, 0.3) is 5.91 Å². The number of H-pyrrole nitrogens is 1. The first kappa shape index (κ1) is 36.7. The van der Waals surface area contributed by atoms with E-state index in [9.17, 15) is 13.2 Å². The Balaban J connectivity index is 0.000000192. The molecule has 2 saturated heterocycles. The van der Waals surface area contributed by atoms with Gasteiger partial charge in [0, 0.05) is 48.8 Å². The predicted molar refractivity (Wildman–Crippen MR) is 199 cm³/mol. The van der Waals surface area contributed by atoms with Crippen molar-refractivity contribution < 1.29 is 17.9 Å². The Bertz CT molecular complexity index is 1800. The normalized spacial score (nSPS) is 16.7. The van der Waals surface area contributed by atoms with E-state index in [1.165, 1.54) is 43.5 Å². The first-order valence-electron chi connectivity index (χ1n) is 16.9. The summed E-state index contributed by atoms with van der Waals surface area (Å²) < 4.78 is 30.9. The van der Waals surface area contributed by atoms with Gasteiger partial charge in [0.2, 0.25) is 10.0 Å². The summed E-state index contributed by atoms with van der Waals surface area (Å²) in [6.07, 6.45) is 6.88. The number of halogens is 1. The molecular formula is C37H49ClN6O4S. The van der Waals surface area contributed by atoms with Crippen LogP contribution in [0.15, 0.2) is 66.9 Å². The molecule has 264 valence electrons. The van der Waals surface area contributed by atoms with Crippen molar-refractivity contribution in [1.29, 1.82) is 0 Å². The zero-order chi connectivity index (χ0) is 35.0. The lowest BCUT2D eigenvalue weighted by Crippen LogP contribution is -2.44. The average molecular weight is 709 g/mol. The Hall–Kier alpha value is -3.61. The quantitative estimate of drug-likeness (QED) is 0.162. The highest BCUT2D eigenvalue weighted by molar-refractivity contribution is 7.89. The fourth-order valence-corrected chi connectivity index (χ4v) is 7.48. The minimum Gasteiger partial charge on any atom is -0.496 e. The first-order chi connectivity index (χ1) is 23.5. The third kappa shape index (κ3) is 9.98. The number of fused-ring (bicyclic) bond motifs is 1. The smallest absolute Gasteiger partial charge is 0.255 e. The number of methoxy groups -OCH3 is 1. The molecule has 0 radical (unpaired) electrons. The van der Waals surface area contributed by atoms with Crippen molar-refractivity contribution in [3.63, 3.8) is 0 Å². The van der Waals surface area contributed by atoms with E-state index in [1.54, 1.807) is 12.1 Å². The molecule has 49 heavy (non-hydrogen) atoms. The molecule has 0 unspecified atom stereocenters. The number of aromatic amines is 1. The number of likely N-dealkylation sites (tertiary alicyclic amines) is 2. The van der Waals surface area contributed by atoms with E-state index >= 15 is 0 Å². The molecule has 3 aromatic carbocycles. The number of aryl methyl sites for hydroxylation is 1. The summed E-state index contributed by atoms with van der Waals surface area (Å²) in [5.41, 5.74) is 11.5. The SMILES string of the molecule is CNS(=O)(=O)CCc1ccc2[nH]cc(C3CCN(C)CC3)c2c1.COc1cc(N)c(Cl)cc1C(=O)NC1CCN(Cc2ccccc2)CC1. The molecule has 4 aromatic rings. The number of carbonyl (C=O) groups is 1. The highest BCUT2D eigenvalue weighted by Gasteiger charge is 2.24. The summed E-state index contributed by atoms with van der Waals surface area (Å²) >= 11 is 6.06. The van der Waals surface area contributed by atoms with Crippen molar-refractivity contribution in [1.82, 2.24) is 24.8 Å². The number of benzene rings is 3. The number of nitrogens with zero attached hydrogens (tertiary/aromatic N) is 2. The molecule has 6 rings (SSSR count). The molecule has 0 atom stereocenters. The average Bonchev–Trinajstić information content (AvgIpc) is 3.53. The van der Waals surface area contributed by atoms with Gasteiger partial charge in [-0.15, -0.1) is 0 Å². The number of hydrogen-bond acceptors (Lipinski definition) is 7. The molecule has 1 aromatic heterocycles.